The van der Waals surface area contributed by atoms with Gasteiger partial charge < -0.3 is 42.1 Å². The first-order valence-corrected chi connectivity index (χ1v) is 12.4. The minimum absolute atomic E-state index is 0.00736. The number of rotatable bonds is 14. The van der Waals surface area contributed by atoms with Crippen LogP contribution in [0.15, 0.2) is 48.5 Å². The van der Waals surface area contributed by atoms with Crippen molar-refractivity contribution in [2.45, 2.75) is 57.3 Å². The van der Waals surface area contributed by atoms with E-state index < -0.39 is 66.2 Å². The first-order chi connectivity index (χ1) is 18.8. The number of phenols is 2. The Morgan fingerprint density at radius 3 is 1.57 bits per heavy atom. The standard InChI is InChI=1S/C27H34N4O9/c1-14(2)23(31-24(36)19(28)13-22(34)35)26(38)29-20(11-15-3-7-17(32)8-4-15)25(37)30-21(27(39)40)12-16-5-9-18(33)10-6-16/h3-10,14,19-21,23,32-33H,11-13,28H2,1-2H3,(H,29,38)(H,30,37)(H,31,36)(H,34,35)(H,39,40). The number of carboxylic acids is 2. The number of hydrogen-bond acceptors (Lipinski definition) is 8. The Hall–Kier alpha value is -4.65. The molecule has 13 nitrogen and oxygen atoms in total. The largest absolute Gasteiger partial charge is 0.508 e. The fourth-order valence-electron chi connectivity index (χ4n) is 3.75. The molecule has 0 heterocycles. The molecule has 4 unspecified atom stereocenters. The van der Waals surface area contributed by atoms with Gasteiger partial charge in [-0.05, 0) is 41.3 Å². The van der Waals surface area contributed by atoms with Crippen molar-refractivity contribution in [3.63, 3.8) is 0 Å². The number of hydrogen-bond donors (Lipinski definition) is 8. The van der Waals surface area contributed by atoms with Gasteiger partial charge in [0.2, 0.25) is 17.7 Å². The monoisotopic (exact) mass is 558 g/mol. The molecular formula is C27H34N4O9. The molecule has 0 aromatic heterocycles. The zero-order chi connectivity index (χ0) is 30.0. The third kappa shape index (κ3) is 9.91. The normalized spacial score (nSPS) is 13.9. The minimum atomic E-state index is -1.40. The summed E-state index contributed by atoms with van der Waals surface area (Å²) in [6.07, 6.45) is -0.837. The van der Waals surface area contributed by atoms with Gasteiger partial charge in [0.15, 0.2) is 0 Å². The molecule has 4 atom stereocenters. The van der Waals surface area contributed by atoms with Crippen LogP contribution in [0.4, 0.5) is 0 Å². The van der Waals surface area contributed by atoms with Crippen molar-refractivity contribution in [1.82, 2.24) is 16.0 Å². The molecule has 2 aromatic rings. The second kappa shape index (κ2) is 14.5. The maximum atomic E-state index is 13.3. The first-order valence-electron chi connectivity index (χ1n) is 12.4. The van der Waals surface area contributed by atoms with Crippen LogP contribution in [-0.2, 0) is 36.8 Å². The van der Waals surface area contributed by atoms with Crippen LogP contribution in [0.3, 0.4) is 0 Å². The Morgan fingerprint density at radius 2 is 1.15 bits per heavy atom. The van der Waals surface area contributed by atoms with E-state index >= 15 is 0 Å². The zero-order valence-electron chi connectivity index (χ0n) is 22.0. The van der Waals surface area contributed by atoms with E-state index in [2.05, 4.69) is 16.0 Å². The highest BCUT2D eigenvalue weighted by Gasteiger charge is 2.32. The van der Waals surface area contributed by atoms with Crippen LogP contribution >= 0.6 is 0 Å². The van der Waals surface area contributed by atoms with Crippen molar-refractivity contribution in [3.05, 3.63) is 59.7 Å². The van der Waals surface area contributed by atoms with Gasteiger partial charge in [-0.2, -0.15) is 0 Å². The van der Waals surface area contributed by atoms with Crippen molar-refractivity contribution in [3.8, 4) is 11.5 Å². The summed E-state index contributed by atoms with van der Waals surface area (Å²) in [6, 6.07) is 6.37. The molecule has 0 saturated carbocycles. The highest BCUT2D eigenvalue weighted by molar-refractivity contribution is 5.95. The van der Waals surface area contributed by atoms with E-state index in [0.717, 1.165) is 0 Å². The minimum Gasteiger partial charge on any atom is -0.508 e. The number of amides is 3. The summed E-state index contributed by atoms with van der Waals surface area (Å²) >= 11 is 0. The number of benzene rings is 2. The van der Waals surface area contributed by atoms with Crippen LogP contribution in [0.25, 0.3) is 0 Å². The second-order valence-electron chi connectivity index (χ2n) is 9.64. The fourth-order valence-corrected chi connectivity index (χ4v) is 3.75. The number of aliphatic carboxylic acids is 2. The maximum Gasteiger partial charge on any atom is 0.326 e. The summed E-state index contributed by atoms with van der Waals surface area (Å²) in [7, 11) is 0. The van der Waals surface area contributed by atoms with Crippen LogP contribution < -0.4 is 21.7 Å². The summed E-state index contributed by atoms with van der Waals surface area (Å²) < 4.78 is 0. The molecule has 0 radical (unpaired) electrons. The number of carbonyl (C=O) groups is 5. The lowest BCUT2D eigenvalue weighted by Gasteiger charge is -2.27. The lowest BCUT2D eigenvalue weighted by molar-refractivity contribution is -0.142. The molecule has 0 aliphatic carbocycles. The maximum absolute atomic E-state index is 13.3. The number of carbonyl (C=O) groups excluding carboxylic acids is 3. The van der Waals surface area contributed by atoms with E-state index in [9.17, 15) is 39.3 Å². The van der Waals surface area contributed by atoms with E-state index in [4.69, 9.17) is 10.8 Å². The molecule has 0 bridgehead atoms. The zero-order valence-corrected chi connectivity index (χ0v) is 22.0. The molecule has 40 heavy (non-hydrogen) atoms. The topological polar surface area (TPSA) is 228 Å². The highest BCUT2D eigenvalue weighted by atomic mass is 16.4. The molecule has 0 spiro atoms. The molecule has 3 amide bonds. The van der Waals surface area contributed by atoms with Crippen LogP contribution in [0, 0.1) is 5.92 Å². The van der Waals surface area contributed by atoms with E-state index in [1.54, 1.807) is 13.8 Å². The van der Waals surface area contributed by atoms with Gasteiger partial charge in [0.1, 0.15) is 29.6 Å². The van der Waals surface area contributed by atoms with Gasteiger partial charge in [0.05, 0.1) is 12.5 Å². The Balaban J connectivity index is 2.26. The average molecular weight is 559 g/mol. The number of phenolic OH excluding ortho intramolecular Hbond substituents is 2. The van der Waals surface area contributed by atoms with Crippen molar-refractivity contribution in [2.24, 2.45) is 11.7 Å². The SMILES string of the molecule is CC(C)C(NC(=O)C(N)CC(=O)O)C(=O)NC(Cc1ccc(O)cc1)C(=O)NC(Cc1ccc(O)cc1)C(=O)O. The van der Waals surface area contributed by atoms with E-state index in [-0.39, 0.29) is 24.3 Å². The van der Waals surface area contributed by atoms with Gasteiger partial charge >= 0.3 is 11.9 Å². The van der Waals surface area contributed by atoms with Crippen molar-refractivity contribution >= 4 is 29.7 Å². The molecule has 0 aliphatic heterocycles. The molecule has 216 valence electrons. The first kappa shape index (κ1) is 31.6. The van der Waals surface area contributed by atoms with Gasteiger partial charge in [-0.25, -0.2) is 4.79 Å². The number of carboxylic acid groups (broad SMARTS) is 2. The van der Waals surface area contributed by atoms with Crippen LogP contribution in [-0.4, -0.2) is 74.3 Å². The fraction of sp³-hybridized carbons (Fsp3) is 0.370. The van der Waals surface area contributed by atoms with Crippen LogP contribution in [0.1, 0.15) is 31.4 Å². The van der Waals surface area contributed by atoms with Crippen molar-refractivity contribution < 1.29 is 44.4 Å². The molecule has 9 N–H and O–H groups in total. The lowest BCUT2D eigenvalue weighted by atomic mass is 9.99. The van der Waals surface area contributed by atoms with Gasteiger partial charge in [-0.1, -0.05) is 38.1 Å². The van der Waals surface area contributed by atoms with Gasteiger partial charge in [-0.15, -0.1) is 0 Å². The molecular weight excluding hydrogens is 524 g/mol. The van der Waals surface area contributed by atoms with E-state index in [1.165, 1.54) is 48.5 Å². The predicted molar refractivity (Wildman–Crippen MR) is 142 cm³/mol. The molecule has 2 rings (SSSR count). The second-order valence-corrected chi connectivity index (χ2v) is 9.64. The molecule has 0 aliphatic rings. The average Bonchev–Trinajstić information content (AvgIpc) is 2.87. The van der Waals surface area contributed by atoms with E-state index in [1.807, 2.05) is 0 Å². The molecule has 13 heteroatoms. The van der Waals surface area contributed by atoms with Crippen molar-refractivity contribution in [2.75, 3.05) is 0 Å². The number of aromatic hydroxyl groups is 2. The smallest absolute Gasteiger partial charge is 0.326 e. The highest BCUT2D eigenvalue weighted by Crippen LogP contribution is 2.14. The van der Waals surface area contributed by atoms with Crippen LogP contribution in [0.2, 0.25) is 0 Å². The van der Waals surface area contributed by atoms with Crippen LogP contribution in [0.5, 0.6) is 11.5 Å². The molecule has 0 saturated heterocycles. The van der Waals surface area contributed by atoms with E-state index in [0.29, 0.717) is 11.1 Å². The summed E-state index contributed by atoms with van der Waals surface area (Å²) in [6.45, 7) is 3.25. The van der Waals surface area contributed by atoms with Gasteiger partial charge in [0, 0.05) is 12.8 Å². The van der Waals surface area contributed by atoms with Crippen molar-refractivity contribution in [1.29, 1.82) is 0 Å². The predicted octanol–water partition coefficient (Wildman–Crippen LogP) is -0.120. The Bertz CT molecular complexity index is 1200. The number of nitrogens with two attached hydrogens (primary N) is 1. The Labute approximate surface area is 230 Å². The quantitative estimate of drug-likeness (QED) is 0.153. The van der Waals surface area contributed by atoms with Gasteiger partial charge in [0.25, 0.3) is 0 Å². The summed E-state index contributed by atoms with van der Waals surface area (Å²) in [5.74, 6) is -5.58. The summed E-state index contributed by atoms with van der Waals surface area (Å²) in [5, 5.41) is 45.0. The number of nitrogens with one attached hydrogen (secondary N) is 3. The summed E-state index contributed by atoms with van der Waals surface area (Å²) in [4.78, 5) is 61.7. The summed E-state index contributed by atoms with van der Waals surface area (Å²) in [5.41, 5.74) is 6.68. The van der Waals surface area contributed by atoms with Gasteiger partial charge in [-0.3, -0.25) is 19.2 Å². The Morgan fingerprint density at radius 1 is 0.700 bits per heavy atom. The molecule has 2 aromatic carbocycles. The third-order valence-electron chi connectivity index (χ3n) is 5.98. The third-order valence-corrected chi connectivity index (χ3v) is 5.98. The Kier molecular flexibility index (Phi) is 11.4. The lowest BCUT2D eigenvalue weighted by Crippen LogP contribution is -2.59. The molecule has 0 fully saturated rings.